The summed E-state index contributed by atoms with van der Waals surface area (Å²) in [5.41, 5.74) is 0.420. The second-order valence-corrected chi connectivity index (χ2v) is 8.08. The van der Waals surface area contributed by atoms with Gasteiger partial charge in [-0.1, -0.05) is 18.2 Å². The Morgan fingerprint density at radius 1 is 1.19 bits per heavy atom. The van der Waals surface area contributed by atoms with Gasteiger partial charge in [0.15, 0.2) is 6.10 Å². The average molecular weight is 361 g/mol. The Bertz CT molecular complexity index is 686. The van der Waals surface area contributed by atoms with E-state index in [4.69, 9.17) is 14.2 Å². The summed E-state index contributed by atoms with van der Waals surface area (Å²) in [4.78, 5) is 26.2. The van der Waals surface area contributed by atoms with Crippen LogP contribution in [-0.2, 0) is 19.7 Å². The van der Waals surface area contributed by atoms with Crippen LogP contribution in [0.4, 0.5) is 4.79 Å². The largest absolute Gasteiger partial charge is 0.478 e. The van der Waals surface area contributed by atoms with Crippen molar-refractivity contribution in [1.29, 1.82) is 0 Å². The minimum atomic E-state index is -0.608. The van der Waals surface area contributed by atoms with Crippen molar-refractivity contribution in [2.75, 3.05) is 20.2 Å². The maximum atomic E-state index is 12.4. The molecule has 1 aromatic carbocycles. The molecule has 1 aromatic rings. The molecule has 2 aliphatic rings. The summed E-state index contributed by atoms with van der Waals surface area (Å²) in [5, 5.41) is 0. The smallest absolute Gasteiger partial charge is 0.410 e. The van der Waals surface area contributed by atoms with Gasteiger partial charge in [0.1, 0.15) is 11.4 Å². The summed E-state index contributed by atoms with van der Waals surface area (Å²) in [6, 6.07) is 7.85. The highest BCUT2D eigenvalue weighted by atomic mass is 16.6. The highest BCUT2D eigenvalue weighted by Gasteiger charge is 2.46. The number of amides is 1. The third-order valence-corrected chi connectivity index (χ3v) is 5.14. The Morgan fingerprint density at radius 3 is 2.46 bits per heavy atom. The fraction of sp³-hybridized carbons (Fsp3) is 0.600. The molecule has 1 atom stereocenters. The molecule has 0 aromatic heterocycles. The number of esters is 1. The van der Waals surface area contributed by atoms with Gasteiger partial charge in [0.05, 0.1) is 7.11 Å². The van der Waals surface area contributed by atoms with Crippen molar-refractivity contribution in [1.82, 2.24) is 4.90 Å². The monoisotopic (exact) mass is 361 g/mol. The maximum absolute atomic E-state index is 12.4. The molecule has 1 fully saturated rings. The summed E-state index contributed by atoms with van der Waals surface area (Å²) in [7, 11) is 1.38. The molecule has 1 saturated heterocycles. The van der Waals surface area contributed by atoms with E-state index in [1.807, 2.05) is 39.0 Å². The van der Waals surface area contributed by atoms with Crippen LogP contribution < -0.4 is 4.74 Å². The van der Waals surface area contributed by atoms with Crippen molar-refractivity contribution in [3.05, 3.63) is 29.8 Å². The van der Waals surface area contributed by atoms with Crippen LogP contribution in [0, 0.1) is 0 Å². The number of fused-ring (bicyclic) bond motifs is 2. The topological polar surface area (TPSA) is 65.1 Å². The third-order valence-electron chi connectivity index (χ3n) is 5.14. The second kappa shape index (κ2) is 6.82. The first-order valence-corrected chi connectivity index (χ1v) is 9.06. The normalized spacial score (nSPS) is 21.5. The van der Waals surface area contributed by atoms with Crippen molar-refractivity contribution < 1.29 is 23.8 Å². The van der Waals surface area contributed by atoms with E-state index in [0.29, 0.717) is 19.5 Å². The van der Waals surface area contributed by atoms with Gasteiger partial charge in [0.25, 0.3) is 0 Å². The van der Waals surface area contributed by atoms with Gasteiger partial charge < -0.3 is 19.1 Å². The van der Waals surface area contributed by atoms with Crippen LogP contribution in [0.5, 0.6) is 5.75 Å². The molecule has 6 heteroatoms. The van der Waals surface area contributed by atoms with Crippen LogP contribution >= 0.6 is 0 Å². The summed E-state index contributed by atoms with van der Waals surface area (Å²) in [5.74, 6) is 0.383. The maximum Gasteiger partial charge on any atom is 0.410 e. The lowest BCUT2D eigenvalue weighted by molar-refractivity contribution is -0.151. The molecule has 0 radical (unpaired) electrons. The zero-order valence-corrected chi connectivity index (χ0v) is 15.9. The minimum absolute atomic E-state index is 0.188. The van der Waals surface area contributed by atoms with Gasteiger partial charge in [-0.25, -0.2) is 9.59 Å². The lowest BCUT2D eigenvalue weighted by Crippen LogP contribution is -2.51. The van der Waals surface area contributed by atoms with Crippen LogP contribution in [0.15, 0.2) is 24.3 Å². The molecule has 3 rings (SSSR count). The van der Waals surface area contributed by atoms with Gasteiger partial charge in [-0.3, -0.25) is 0 Å². The van der Waals surface area contributed by atoms with Gasteiger partial charge in [0, 0.05) is 30.5 Å². The molecule has 142 valence electrons. The highest BCUT2D eigenvalue weighted by Crippen LogP contribution is 2.47. The number of likely N-dealkylation sites (tertiary alicyclic amines) is 1. The first-order chi connectivity index (χ1) is 12.2. The second-order valence-electron chi connectivity index (χ2n) is 8.08. The molecule has 0 unspecified atom stereocenters. The molecule has 1 spiro atoms. The Labute approximate surface area is 154 Å². The number of carbonyl (C=O) groups is 2. The quantitative estimate of drug-likeness (QED) is 0.718. The number of rotatable bonds is 1. The van der Waals surface area contributed by atoms with Crippen LogP contribution in [-0.4, -0.2) is 48.9 Å². The van der Waals surface area contributed by atoms with Gasteiger partial charge in [-0.2, -0.15) is 0 Å². The Hall–Kier alpha value is -2.24. The summed E-state index contributed by atoms with van der Waals surface area (Å²) < 4.78 is 16.3. The van der Waals surface area contributed by atoms with E-state index in [0.717, 1.165) is 24.2 Å². The predicted octanol–water partition coefficient (Wildman–Crippen LogP) is 3.28. The van der Waals surface area contributed by atoms with E-state index < -0.39 is 11.7 Å². The molecule has 0 aliphatic carbocycles. The summed E-state index contributed by atoms with van der Waals surface area (Å²) in [6.07, 6.45) is 1.21. The van der Waals surface area contributed by atoms with E-state index in [9.17, 15) is 9.59 Å². The van der Waals surface area contributed by atoms with E-state index in [2.05, 4.69) is 6.07 Å². The number of hydrogen-bond donors (Lipinski definition) is 0. The van der Waals surface area contributed by atoms with Crippen LogP contribution in [0.2, 0.25) is 0 Å². The number of nitrogens with zero attached hydrogens (tertiary/aromatic N) is 1. The molecule has 26 heavy (non-hydrogen) atoms. The molecule has 2 heterocycles. The van der Waals surface area contributed by atoms with Crippen molar-refractivity contribution in [2.45, 2.75) is 57.2 Å². The SMILES string of the molecule is COC(=O)[C@@H]1CC2(CCN(C(=O)OC(C)(C)C)CC2)c2ccccc2O1. The van der Waals surface area contributed by atoms with Gasteiger partial charge in [-0.15, -0.1) is 0 Å². The Kier molecular flexibility index (Phi) is 4.86. The fourth-order valence-electron chi connectivity index (χ4n) is 3.85. The number of benzene rings is 1. The Balaban J connectivity index is 1.79. The lowest BCUT2D eigenvalue weighted by Gasteiger charge is -2.46. The minimum Gasteiger partial charge on any atom is -0.478 e. The molecule has 0 N–H and O–H groups in total. The Morgan fingerprint density at radius 2 is 1.85 bits per heavy atom. The van der Waals surface area contributed by atoms with Crippen molar-refractivity contribution >= 4 is 12.1 Å². The fourth-order valence-corrected chi connectivity index (χ4v) is 3.85. The number of ether oxygens (including phenoxy) is 3. The number of carbonyl (C=O) groups excluding carboxylic acids is 2. The summed E-state index contributed by atoms with van der Waals surface area (Å²) in [6.45, 7) is 6.79. The van der Waals surface area contributed by atoms with Gasteiger partial charge in [0.2, 0.25) is 0 Å². The average Bonchev–Trinajstić information content (AvgIpc) is 2.60. The molecule has 1 amide bonds. The van der Waals surface area contributed by atoms with Crippen molar-refractivity contribution in [3.63, 3.8) is 0 Å². The number of para-hydroxylation sites is 1. The number of hydrogen-bond acceptors (Lipinski definition) is 5. The third kappa shape index (κ3) is 3.64. The molecule has 6 nitrogen and oxygen atoms in total. The molecular formula is C20H27NO5. The molecule has 0 saturated carbocycles. The van der Waals surface area contributed by atoms with E-state index >= 15 is 0 Å². The van der Waals surface area contributed by atoms with Crippen molar-refractivity contribution in [3.8, 4) is 5.75 Å². The zero-order valence-electron chi connectivity index (χ0n) is 15.9. The highest BCUT2D eigenvalue weighted by molar-refractivity contribution is 5.76. The van der Waals surface area contributed by atoms with Crippen LogP contribution in [0.1, 0.15) is 45.6 Å². The zero-order chi connectivity index (χ0) is 18.9. The van der Waals surface area contributed by atoms with Crippen LogP contribution in [0.3, 0.4) is 0 Å². The lowest BCUT2D eigenvalue weighted by atomic mass is 9.67. The number of piperidine rings is 1. The first-order valence-electron chi connectivity index (χ1n) is 9.06. The van der Waals surface area contributed by atoms with Gasteiger partial charge in [-0.05, 0) is 39.7 Å². The standard InChI is InChI=1S/C20H27NO5/c1-19(2,3)26-18(23)21-11-9-20(10-12-21)13-16(17(22)24-4)25-15-8-6-5-7-14(15)20/h5-8,16H,9-13H2,1-4H3/t16-/m0/s1. The van der Waals surface area contributed by atoms with E-state index in [1.54, 1.807) is 4.90 Å². The molecule has 0 bridgehead atoms. The first kappa shape index (κ1) is 18.5. The van der Waals surface area contributed by atoms with Crippen molar-refractivity contribution in [2.24, 2.45) is 0 Å². The predicted molar refractivity (Wildman–Crippen MR) is 96.2 cm³/mol. The number of methoxy groups -OCH3 is 1. The summed E-state index contributed by atoms with van der Waals surface area (Å²) >= 11 is 0. The van der Waals surface area contributed by atoms with E-state index in [1.165, 1.54) is 7.11 Å². The molecule has 2 aliphatic heterocycles. The van der Waals surface area contributed by atoms with E-state index in [-0.39, 0.29) is 17.5 Å². The molecular weight excluding hydrogens is 334 g/mol. The van der Waals surface area contributed by atoms with Gasteiger partial charge >= 0.3 is 12.1 Å². The van der Waals surface area contributed by atoms with Crippen LogP contribution in [0.25, 0.3) is 0 Å².